The number of para-hydroxylation sites is 2. The van der Waals surface area contributed by atoms with Gasteiger partial charge in [-0.3, -0.25) is 9.59 Å². The van der Waals surface area contributed by atoms with E-state index in [2.05, 4.69) is 70.7 Å². The molecule has 3 heterocycles. The van der Waals surface area contributed by atoms with Crippen molar-refractivity contribution < 1.29 is 28.4 Å². The fourth-order valence-corrected chi connectivity index (χ4v) is 12.1. The van der Waals surface area contributed by atoms with Gasteiger partial charge in [0.2, 0.25) is 0 Å². The minimum Gasteiger partial charge on any atom is -0.461 e. The SMILES string of the molecule is C.CC1(C)OB(c2cc(Cl)cc(Cl)c2)OC1(C)C.CC1=C(C(=O)N[C@H]2CCc3ccccc32)C(C)c2cccc(-c3cc(Cl)cc(Cl)c3)c2O1.CC1=C(C(=O)N[C@H]2CCc3ccccc32)C(C)c2cccc(Br)c2O1. The second kappa shape index (κ2) is 22.9. The first-order chi connectivity index (χ1) is 35.2. The predicted octanol–water partition coefficient (Wildman–Crippen LogP) is 16.2. The average molecular weight is 1150 g/mol. The first-order valence-corrected chi connectivity index (χ1v) is 27.2. The van der Waals surface area contributed by atoms with Crippen LogP contribution in [0.4, 0.5) is 0 Å². The lowest BCUT2D eigenvalue weighted by Crippen LogP contribution is -2.41. The average Bonchev–Trinajstić information content (AvgIpc) is 4.01. The van der Waals surface area contributed by atoms with Crippen molar-refractivity contribution >= 4 is 86.7 Å². The molecule has 3 aliphatic heterocycles. The molecule has 14 heteroatoms. The Labute approximate surface area is 470 Å². The lowest BCUT2D eigenvalue weighted by Gasteiger charge is -2.32. The van der Waals surface area contributed by atoms with E-state index < -0.39 is 7.12 Å². The molecule has 0 spiro atoms. The molecular formula is C61H62BBrCl4N2O6. The van der Waals surface area contributed by atoms with Gasteiger partial charge >= 0.3 is 7.12 Å². The monoisotopic (exact) mass is 1150 g/mol. The zero-order chi connectivity index (χ0) is 52.8. The largest absolute Gasteiger partial charge is 0.494 e. The number of allylic oxidation sites excluding steroid dienone is 2. The van der Waals surface area contributed by atoms with Gasteiger partial charge in [0.15, 0.2) is 0 Å². The van der Waals surface area contributed by atoms with Crippen LogP contribution in [-0.4, -0.2) is 30.1 Å². The minimum atomic E-state index is -0.420. The maximum atomic E-state index is 13.4. The van der Waals surface area contributed by atoms with E-state index >= 15 is 0 Å². The van der Waals surface area contributed by atoms with Gasteiger partial charge in [-0.05, 0) is 159 Å². The number of hydrogen-bond acceptors (Lipinski definition) is 6. The number of aryl methyl sites for hydroxylation is 2. The Hall–Kier alpha value is -5.04. The summed E-state index contributed by atoms with van der Waals surface area (Å²) in [7, 11) is -0.420. The second-order valence-corrected chi connectivity index (χ2v) is 23.0. The number of benzene rings is 6. The molecule has 2 amide bonds. The molecule has 1 fully saturated rings. The molecular weight excluding hydrogens is 1090 g/mol. The van der Waals surface area contributed by atoms with E-state index in [4.69, 9.17) is 65.2 Å². The fourth-order valence-electron chi connectivity index (χ4n) is 10.5. The maximum Gasteiger partial charge on any atom is 0.494 e. The molecule has 0 radical (unpaired) electrons. The number of hydrogen-bond donors (Lipinski definition) is 2. The highest BCUT2D eigenvalue weighted by Crippen LogP contribution is 2.47. The molecule has 4 atom stereocenters. The van der Waals surface area contributed by atoms with Crippen LogP contribution in [0.15, 0.2) is 148 Å². The first kappa shape index (κ1) is 56.2. The number of rotatable bonds is 6. The number of amides is 2. The molecule has 1 saturated heterocycles. The Morgan fingerprint density at radius 1 is 0.573 bits per heavy atom. The van der Waals surface area contributed by atoms with Crippen LogP contribution in [0, 0.1) is 0 Å². The summed E-state index contributed by atoms with van der Waals surface area (Å²) in [5.74, 6) is 2.65. The van der Waals surface area contributed by atoms with Crippen molar-refractivity contribution in [2.24, 2.45) is 0 Å². The third kappa shape index (κ3) is 11.8. The summed E-state index contributed by atoms with van der Waals surface area (Å²) < 4.78 is 25.0. The number of ether oxygens (including phenoxy) is 2. The first-order valence-electron chi connectivity index (χ1n) is 24.9. The van der Waals surface area contributed by atoms with Crippen molar-refractivity contribution in [1.29, 1.82) is 0 Å². The summed E-state index contributed by atoms with van der Waals surface area (Å²) in [5.41, 5.74) is 10.4. The number of carbonyl (C=O) groups is 2. The molecule has 0 saturated carbocycles. The van der Waals surface area contributed by atoms with Gasteiger partial charge in [-0.15, -0.1) is 0 Å². The van der Waals surface area contributed by atoms with Crippen LogP contribution in [0.2, 0.25) is 20.1 Å². The molecule has 75 heavy (non-hydrogen) atoms. The molecule has 2 unspecified atom stereocenters. The molecule has 0 aromatic heterocycles. The number of carbonyl (C=O) groups excluding carboxylic acids is 2. The predicted molar refractivity (Wildman–Crippen MR) is 310 cm³/mol. The van der Waals surface area contributed by atoms with E-state index in [0.29, 0.717) is 37.2 Å². The van der Waals surface area contributed by atoms with Crippen molar-refractivity contribution in [3.8, 4) is 22.6 Å². The third-order valence-electron chi connectivity index (χ3n) is 15.1. The van der Waals surface area contributed by atoms with Gasteiger partial charge < -0.3 is 29.4 Å². The Balaban J connectivity index is 0.000000156. The fraction of sp³-hybridized carbons (Fsp3) is 0.311. The third-order valence-corrected chi connectivity index (χ3v) is 16.6. The van der Waals surface area contributed by atoms with Gasteiger partial charge in [0.1, 0.15) is 23.0 Å². The van der Waals surface area contributed by atoms with Crippen LogP contribution in [0.3, 0.4) is 0 Å². The van der Waals surface area contributed by atoms with Gasteiger partial charge in [-0.25, -0.2) is 0 Å². The molecule has 8 nitrogen and oxygen atoms in total. The van der Waals surface area contributed by atoms with E-state index in [0.717, 1.165) is 74.9 Å². The van der Waals surface area contributed by atoms with Gasteiger partial charge in [-0.2, -0.15) is 0 Å². The molecule has 11 rings (SSSR count). The molecule has 6 aromatic carbocycles. The molecule has 6 aromatic rings. The summed E-state index contributed by atoms with van der Waals surface area (Å²) in [6, 6.07) is 39.5. The Morgan fingerprint density at radius 2 is 0.987 bits per heavy atom. The van der Waals surface area contributed by atoms with Gasteiger partial charge in [-0.1, -0.05) is 147 Å². The summed E-state index contributed by atoms with van der Waals surface area (Å²) in [6.07, 6.45) is 3.87. The van der Waals surface area contributed by atoms with Crippen LogP contribution in [0.1, 0.15) is 133 Å². The molecule has 2 aliphatic carbocycles. The summed E-state index contributed by atoms with van der Waals surface area (Å²) >= 11 is 28.0. The van der Waals surface area contributed by atoms with Gasteiger partial charge in [0, 0.05) is 48.6 Å². The van der Waals surface area contributed by atoms with E-state index in [1.165, 1.54) is 22.3 Å². The van der Waals surface area contributed by atoms with Gasteiger partial charge in [0.05, 0.1) is 38.9 Å². The van der Waals surface area contributed by atoms with Crippen molar-refractivity contribution in [2.75, 3.05) is 0 Å². The number of fused-ring (bicyclic) bond motifs is 4. The van der Waals surface area contributed by atoms with Crippen LogP contribution < -0.4 is 25.6 Å². The standard InChI is InChI=1S/C27H23Cl2NO2.C21H20BrNO2.C12H15BCl2O2.CH4/c1-15-21-8-5-9-23(18-12-19(28)14-20(29)13-18)26(21)32-16(2)25(15)27(31)30-24-11-10-17-6-3-4-7-22(17)24;1-12-15-8-5-9-17(22)20(15)25-13(2)19(12)21(24)23-18-11-10-14-6-3-4-7-16(14)18;1-11(2)12(3,4)17-13(16-11)8-5-9(14)7-10(15)6-8;/h3-9,12-15,24H,10-11H2,1-2H3,(H,30,31);3-9,12,18H,10-11H2,1-2H3,(H,23,24);5-7H,1-4H3;1H4/t15?,24-;12?,18-;;/m00../s1. The highest BCUT2D eigenvalue weighted by Gasteiger charge is 2.52. The molecule has 0 bridgehead atoms. The topological polar surface area (TPSA) is 95.1 Å². The van der Waals surface area contributed by atoms with Crippen molar-refractivity contribution in [3.05, 3.63) is 202 Å². The van der Waals surface area contributed by atoms with E-state index in [1.54, 1.807) is 12.1 Å². The number of halogens is 5. The minimum absolute atomic E-state index is 0. The Kier molecular flexibility index (Phi) is 17.1. The summed E-state index contributed by atoms with van der Waals surface area (Å²) in [4.78, 5) is 26.4. The lowest BCUT2D eigenvalue weighted by atomic mass is 9.79. The molecule has 390 valence electrons. The van der Waals surface area contributed by atoms with Crippen molar-refractivity contribution in [2.45, 2.75) is 124 Å². The molecule has 2 N–H and O–H groups in total. The normalized spacial score (nSPS) is 20.3. The summed E-state index contributed by atoms with van der Waals surface area (Å²) in [5, 5.41) is 8.77. The van der Waals surface area contributed by atoms with Crippen molar-refractivity contribution in [3.63, 3.8) is 0 Å². The van der Waals surface area contributed by atoms with Crippen LogP contribution in [0.25, 0.3) is 11.1 Å². The van der Waals surface area contributed by atoms with E-state index in [1.807, 2.05) is 120 Å². The van der Waals surface area contributed by atoms with Crippen LogP contribution >= 0.6 is 62.3 Å². The number of nitrogens with one attached hydrogen (secondary N) is 2. The quantitative estimate of drug-likeness (QED) is 0.161. The molecule has 5 aliphatic rings. The maximum absolute atomic E-state index is 13.4. The van der Waals surface area contributed by atoms with Gasteiger partial charge in [0.25, 0.3) is 11.8 Å². The Morgan fingerprint density at radius 3 is 1.48 bits per heavy atom. The van der Waals surface area contributed by atoms with E-state index in [-0.39, 0.29) is 54.4 Å². The zero-order valence-electron chi connectivity index (χ0n) is 42.6. The Bertz CT molecular complexity index is 3190. The summed E-state index contributed by atoms with van der Waals surface area (Å²) in [6.45, 7) is 15.9. The highest BCUT2D eigenvalue weighted by molar-refractivity contribution is 9.10. The lowest BCUT2D eigenvalue weighted by molar-refractivity contribution is -0.119. The smallest absolute Gasteiger partial charge is 0.461 e. The second-order valence-electron chi connectivity index (χ2n) is 20.4. The van der Waals surface area contributed by atoms with E-state index in [9.17, 15) is 9.59 Å². The van der Waals surface area contributed by atoms with Crippen molar-refractivity contribution in [1.82, 2.24) is 10.6 Å². The highest BCUT2D eigenvalue weighted by atomic mass is 79.9. The van der Waals surface area contributed by atoms with Crippen LogP contribution in [-0.2, 0) is 31.7 Å². The zero-order valence-corrected chi connectivity index (χ0v) is 47.2. The van der Waals surface area contributed by atoms with Crippen LogP contribution in [0.5, 0.6) is 11.5 Å².